The SMILES string of the molecule is CC(C)CCN(CC1CCCCC1=O)C1CC1. The van der Waals surface area contributed by atoms with Crippen LogP contribution in [-0.4, -0.2) is 29.8 Å². The van der Waals surface area contributed by atoms with Crippen LogP contribution in [0.15, 0.2) is 0 Å². The Labute approximate surface area is 106 Å². The second-order valence-corrected chi connectivity index (χ2v) is 6.32. The molecule has 2 aliphatic carbocycles. The fourth-order valence-electron chi connectivity index (χ4n) is 2.82. The highest BCUT2D eigenvalue weighted by Gasteiger charge is 2.32. The van der Waals surface area contributed by atoms with Crippen molar-refractivity contribution in [2.45, 2.75) is 64.8 Å². The molecule has 0 amide bonds. The molecule has 0 heterocycles. The predicted octanol–water partition coefficient (Wildman–Crippen LogP) is 3.26. The molecule has 2 rings (SSSR count). The zero-order valence-electron chi connectivity index (χ0n) is 11.5. The molecule has 0 N–H and O–H groups in total. The number of hydrogen-bond donors (Lipinski definition) is 0. The van der Waals surface area contributed by atoms with Crippen LogP contribution >= 0.6 is 0 Å². The Morgan fingerprint density at radius 1 is 1.24 bits per heavy atom. The molecule has 98 valence electrons. The number of nitrogens with zero attached hydrogens (tertiary/aromatic N) is 1. The average molecular weight is 237 g/mol. The van der Waals surface area contributed by atoms with Crippen molar-refractivity contribution < 1.29 is 4.79 Å². The molecule has 0 saturated heterocycles. The molecule has 0 aliphatic heterocycles. The Morgan fingerprint density at radius 3 is 2.59 bits per heavy atom. The predicted molar refractivity (Wildman–Crippen MR) is 71.0 cm³/mol. The maximum Gasteiger partial charge on any atom is 0.137 e. The summed E-state index contributed by atoms with van der Waals surface area (Å²) in [6.07, 6.45) is 8.37. The Bertz CT molecular complexity index is 258. The minimum Gasteiger partial charge on any atom is -0.300 e. The minimum atomic E-state index is 0.358. The van der Waals surface area contributed by atoms with Crippen LogP contribution < -0.4 is 0 Å². The largest absolute Gasteiger partial charge is 0.300 e. The first kappa shape index (κ1) is 13.1. The number of carbonyl (C=O) groups is 1. The Morgan fingerprint density at radius 2 is 2.00 bits per heavy atom. The van der Waals surface area contributed by atoms with E-state index in [1.807, 2.05) is 0 Å². The summed E-state index contributed by atoms with van der Waals surface area (Å²) in [5.74, 6) is 1.67. The molecule has 2 fully saturated rings. The molecule has 0 radical (unpaired) electrons. The number of Topliss-reactive ketones (excluding diaryl/α,β-unsaturated/α-hetero) is 1. The molecule has 2 saturated carbocycles. The molecule has 2 aliphatic rings. The van der Waals surface area contributed by atoms with Crippen molar-refractivity contribution in [1.29, 1.82) is 0 Å². The van der Waals surface area contributed by atoms with E-state index >= 15 is 0 Å². The van der Waals surface area contributed by atoms with Crippen LogP contribution in [0, 0.1) is 11.8 Å². The topological polar surface area (TPSA) is 20.3 Å². The maximum absolute atomic E-state index is 11.9. The summed E-state index contributed by atoms with van der Waals surface area (Å²) < 4.78 is 0. The molecule has 0 spiro atoms. The summed E-state index contributed by atoms with van der Waals surface area (Å²) in [4.78, 5) is 14.5. The molecule has 0 aromatic rings. The van der Waals surface area contributed by atoms with Gasteiger partial charge >= 0.3 is 0 Å². The van der Waals surface area contributed by atoms with Gasteiger partial charge in [-0.3, -0.25) is 9.69 Å². The van der Waals surface area contributed by atoms with Gasteiger partial charge in [0.1, 0.15) is 5.78 Å². The van der Waals surface area contributed by atoms with Gasteiger partial charge in [0, 0.05) is 24.9 Å². The maximum atomic E-state index is 11.9. The summed E-state index contributed by atoms with van der Waals surface area (Å²) >= 11 is 0. The van der Waals surface area contributed by atoms with E-state index in [1.165, 1.54) is 32.2 Å². The van der Waals surface area contributed by atoms with Crippen molar-refractivity contribution in [3.63, 3.8) is 0 Å². The fourth-order valence-corrected chi connectivity index (χ4v) is 2.82. The summed E-state index contributed by atoms with van der Waals surface area (Å²) in [5.41, 5.74) is 0. The third kappa shape index (κ3) is 4.09. The standard InChI is InChI=1S/C15H27NO/c1-12(2)9-10-16(14-7-8-14)11-13-5-3-4-6-15(13)17/h12-14H,3-11H2,1-2H3. The van der Waals surface area contributed by atoms with E-state index in [9.17, 15) is 4.79 Å². The molecule has 0 aromatic carbocycles. The van der Waals surface area contributed by atoms with Crippen LogP contribution in [0.5, 0.6) is 0 Å². The first-order chi connectivity index (χ1) is 8.16. The highest BCUT2D eigenvalue weighted by atomic mass is 16.1. The summed E-state index contributed by atoms with van der Waals surface area (Å²) in [6, 6.07) is 0.809. The van der Waals surface area contributed by atoms with E-state index in [1.54, 1.807) is 0 Å². The van der Waals surface area contributed by atoms with E-state index in [2.05, 4.69) is 18.7 Å². The monoisotopic (exact) mass is 237 g/mol. The zero-order valence-corrected chi connectivity index (χ0v) is 11.5. The third-order valence-corrected chi connectivity index (χ3v) is 4.19. The van der Waals surface area contributed by atoms with Gasteiger partial charge in [0.25, 0.3) is 0 Å². The highest BCUT2D eigenvalue weighted by Crippen LogP contribution is 2.30. The first-order valence-electron chi connectivity index (χ1n) is 7.43. The molecule has 2 heteroatoms. The molecular weight excluding hydrogens is 210 g/mol. The van der Waals surface area contributed by atoms with Crippen molar-refractivity contribution in [2.24, 2.45) is 11.8 Å². The van der Waals surface area contributed by atoms with E-state index in [-0.39, 0.29) is 0 Å². The summed E-state index contributed by atoms with van der Waals surface area (Å²) in [5, 5.41) is 0. The van der Waals surface area contributed by atoms with Gasteiger partial charge in [0.05, 0.1) is 0 Å². The molecule has 2 nitrogen and oxygen atoms in total. The van der Waals surface area contributed by atoms with Gasteiger partial charge in [-0.05, 0) is 44.6 Å². The normalized spacial score (nSPS) is 25.9. The van der Waals surface area contributed by atoms with Gasteiger partial charge in [-0.1, -0.05) is 20.3 Å². The van der Waals surface area contributed by atoms with E-state index in [4.69, 9.17) is 0 Å². The van der Waals surface area contributed by atoms with E-state index < -0.39 is 0 Å². The molecule has 1 atom stereocenters. The molecule has 17 heavy (non-hydrogen) atoms. The molecule has 0 bridgehead atoms. The van der Waals surface area contributed by atoms with E-state index in [0.717, 1.165) is 37.8 Å². The zero-order chi connectivity index (χ0) is 12.3. The third-order valence-electron chi connectivity index (χ3n) is 4.19. The van der Waals surface area contributed by atoms with Crippen LogP contribution in [0.3, 0.4) is 0 Å². The fraction of sp³-hybridized carbons (Fsp3) is 0.933. The van der Waals surface area contributed by atoms with Crippen molar-refractivity contribution >= 4 is 5.78 Å². The lowest BCUT2D eigenvalue weighted by atomic mass is 9.87. The number of hydrogen-bond acceptors (Lipinski definition) is 2. The quantitative estimate of drug-likeness (QED) is 0.707. The molecule has 0 aromatic heterocycles. The summed E-state index contributed by atoms with van der Waals surface area (Å²) in [6.45, 7) is 6.83. The van der Waals surface area contributed by atoms with Gasteiger partial charge in [-0.15, -0.1) is 0 Å². The number of rotatable bonds is 6. The van der Waals surface area contributed by atoms with E-state index in [0.29, 0.717) is 11.7 Å². The van der Waals surface area contributed by atoms with Crippen molar-refractivity contribution in [3.05, 3.63) is 0 Å². The number of carbonyl (C=O) groups excluding carboxylic acids is 1. The van der Waals surface area contributed by atoms with Gasteiger partial charge in [0.15, 0.2) is 0 Å². The second-order valence-electron chi connectivity index (χ2n) is 6.32. The number of ketones is 1. The lowest BCUT2D eigenvalue weighted by Crippen LogP contribution is -2.37. The summed E-state index contributed by atoms with van der Waals surface area (Å²) in [7, 11) is 0. The minimum absolute atomic E-state index is 0.358. The van der Waals surface area contributed by atoms with Crippen LogP contribution in [-0.2, 0) is 4.79 Å². The van der Waals surface area contributed by atoms with Gasteiger partial charge in [0.2, 0.25) is 0 Å². The lowest BCUT2D eigenvalue weighted by Gasteiger charge is -2.29. The second kappa shape index (κ2) is 5.99. The average Bonchev–Trinajstić information content (AvgIpc) is 3.10. The van der Waals surface area contributed by atoms with Crippen molar-refractivity contribution in [1.82, 2.24) is 4.90 Å². The Kier molecular flexibility index (Phi) is 4.61. The molecular formula is C15H27NO. The van der Waals surface area contributed by atoms with Gasteiger partial charge < -0.3 is 0 Å². The first-order valence-corrected chi connectivity index (χ1v) is 7.43. The van der Waals surface area contributed by atoms with Crippen LogP contribution in [0.1, 0.15) is 58.8 Å². The van der Waals surface area contributed by atoms with Gasteiger partial charge in [-0.25, -0.2) is 0 Å². The van der Waals surface area contributed by atoms with Crippen LogP contribution in [0.2, 0.25) is 0 Å². The van der Waals surface area contributed by atoms with Gasteiger partial charge in [-0.2, -0.15) is 0 Å². The van der Waals surface area contributed by atoms with Crippen LogP contribution in [0.4, 0.5) is 0 Å². The Balaban J connectivity index is 1.81. The highest BCUT2D eigenvalue weighted by molar-refractivity contribution is 5.81. The van der Waals surface area contributed by atoms with Crippen molar-refractivity contribution in [3.8, 4) is 0 Å². The smallest absolute Gasteiger partial charge is 0.137 e. The van der Waals surface area contributed by atoms with Crippen molar-refractivity contribution in [2.75, 3.05) is 13.1 Å². The van der Waals surface area contributed by atoms with Crippen LogP contribution in [0.25, 0.3) is 0 Å². The molecule has 1 unspecified atom stereocenters. The lowest BCUT2D eigenvalue weighted by molar-refractivity contribution is -0.125. The Hall–Kier alpha value is -0.370.